The molecule has 1 amide bonds. The van der Waals surface area contributed by atoms with Gasteiger partial charge in [-0.3, -0.25) is 14.4 Å². The molecule has 3 heterocycles. The van der Waals surface area contributed by atoms with Crippen LogP contribution in [0.25, 0.3) is 0 Å². The zero-order valence-corrected chi connectivity index (χ0v) is 15.0. The van der Waals surface area contributed by atoms with Crippen molar-refractivity contribution in [3.63, 3.8) is 0 Å². The number of aromatic nitrogens is 2. The summed E-state index contributed by atoms with van der Waals surface area (Å²) in [7, 11) is 1.88. The molecular weight excluding hydrogens is 292 g/mol. The Morgan fingerprint density at radius 2 is 2.04 bits per heavy atom. The third kappa shape index (κ3) is 3.02. The third-order valence-electron chi connectivity index (χ3n) is 4.94. The lowest BCUT2D eigenvalue weighted by Gasteiger charge is -2.29. The molecule has 1 N–H and O–H groups in total. The lowest BCUT2D eigenvalue weighted by Crippen LogP contribution is -2.50. The molecular formula is C17H28N4O2. The molecule has 128 valence electrons. The molecule has 2 aliphatic heterocycles. The Morgan fingerprint density at radius 3 is 2.57 bits per heavy atom. The third-order valence-corrected chi connectivity index (χ3v) is 4.94. The van der Waals surface area contributed by atoms with Crippen LogP contribution in [-0.4, -0.2) is 45.5 Å². The number of nitrogens with one attached hydrogen (secondary N) is 1. The number of carbonyl (C=O) groups excluding carboxylic acids is 1. The molecule has 23 heavy (non-hydrogen) atoms. The Bertz CT molecular complexity index is 620. The van der Waals surface area contributed by atoms with Crippen molar-refractivity contribution < 1.29 is 9.53 Å². The van der Waals surface area contributed by atoms with Crippen LogP contribution < -0.4 is 10.2 Å². The Balaban J connectivity index is 1.72. The van der Waals surface area contributed by atoms with Crippen molar-refractivity contribution in [1.82, 2.24) is 15.1 Å². The van der Waals surface area contributed by atoms with E-state index >= 15 is 0 Å². The first kappa shape index (κ1) is 16.5. The summed E-state index contributed by atoms with van der Waals surface area (Å²) in [6.07, 6.45) is 1.73. The molecule has 0 bridgehead atoms. The van der Waals surface area contributed by atoms with Crippen LogP contribution in [0.3, 0.4) is 0 Å². The van der Waals surface area contributed by atoms with Crippen LogP contribution in [0, 0.1) is 6.92 Å². The highest BCUT2D eigenvalue weighted by molar-refractivity contribution is 5.98. The Kier molecular flexibility index (Phi) is 3.80. The van der Waals surface area contributed by atoms with Crippen LogP contribution >= 0.6 is 0 Å². The van der Waals surface area contributed by atoms with Gasteiger partial charge in [0.25, 0.3) is 0 Å². The molecule has 2 fully saturated rings. The van der Waals surface area contributed by atoms with E-state index in [0.29, 0.717) is 0 Å². The predicted octanol–water partition coefficient (Wildman–Crippen LogP) is 1.77. The smallest absolute Gasteiger partial charge is 0.245 e. The van der Waals surface area contributed by atoms with Crippen LogP contribution in [0.5, 0.6) is 0 Å². The summed E-state index contributed by atoms with van der Waals surface area (Å²) in [4.78, 5) is 14.6. The van der Waals surface area contributed by atoms with Crippen molar-refractivity contribution >= 4 is 11.7 Å². The molecule has 6 nitrogen and oxygen atoms in total. The van der Waals surface area contributed by atoms with Gasteiger partial charge in [-0.05, 0) is 47.5 Å². The second-order valence-corrected chi connectivity index (χ2v) is 7.99. The topological polar surface area (TPSA) is 59.4 Å². The number of anilines is 1. The van der Waals surface area contributed by atoms with Gasteiger partial charge in [-0.1, -0.05) is 0 Å². The molecule has 0 radical (unpaired) electrons. The number of hydrogen-bond donors (Lipinski definition) is 1. The first-order valence-corrected chi connectivity index (χ1v) is 8.37. The van der Waals surface area contributed by atoms with Gasteiger partial charge in [0, 0.05) is 25.7 Å². The molecule has 0 aliphatic carbocycles. The van der Waals surface area contributed by atoms with Crippen molar-refractivity contribution in [3.8, 4) is 0 Å². The van der Waals surface area contributed by atoms with Crippen LogP contribution in [0.1, 0.15) is 46.2 Å². The molecule has 1 aromatic heterocycles. The molecule has 2 saturated heterocycles. The summed E-state index contributed by atoms with van der Waals surface area (Å²) in [5.74, 6) is 1.01. The monoisotopic (exact) mass is 320 g/mol. The largest absolute Gasteiger partial charge is 0.368 e. The van der Waals surface area contributed by atoms with E-state index in [4.69, 9.17) is 4.74 Å². The van der Waals surface area contributed by atoms with Gasteiger partial charge in [0.2, 0.25) is 5.91 Å². The van der Waals surface area contributed by atoms with Crippen molar-refractivity contribution in [2.24, 2.45) is 7.05 Å². The van der Waals surface area contributed by atoms with Crippen molar-refractivity contribution in [1.29, 1.82) is 0 Å². The SMILES string of the molecule is Cc1cc(N2CC[C@H](N[C@@H]3CC(C)(C)OC3(C)C)C2=O)n(C)n1. The van der Waals surface area contributed by atoms with E-state index in [2.05, 4.69) is 38.1 Å². The zero-order chi connectivity index (χ0) is 17.0. The molecule has 0 spiro atoms. The van der Waals surface area contributed by atoms with Crippen LogP contribution in [-0.2, 0) is 16.6 Å². The Labute approximate surface area is 138 Å². The summed E-state index contributed by atoms with van der Waals surface area (Å²) >= 11 is 0. The van der Waals surface area contributed by atoms with E-state index < -0.39 is 0 Å². The molecule has 6 heteroatoms. The highest BCUT2D eigenvalue weighted by atomic mass is 16.5. The maximum Gasteiger partial charge on any atom is 0.245 e. The number of rotatable bonds is 3. The van der Waals surface area contributed by atoms with Crippen LogP contribution in [0.15, 0.2) is 6.07 Å². The molecule has 3 rings (SSSR count). The maximum atomic E-state index is 12.8. The van der Waals surface area contributed by atoms with Crippen LogP contribution in [0.2, 0.25) is 0 Å². The first-order valence-electron chi connectivity index (χ1n) is 8.37. The maximum absolute atomic E-state index is 12.8. The van der Waals surface area contributed by atoms with Gasteiger partial charge < -0.3 is 10.1 Å². The van der Waals surface area contributed by atoms with Gasteiger partial charge in [0.05, 0.1) is 22.9 Å². The normalized spacial score (nSPS) is 29.5. The molecule has 2 atom stereocenters. The second-order valence-electron chi connectivity index (χ2n) is 7.99. The lowest BCUT2D eigenvalue weighted by atomic mass is 9.93. The highest BCUT2D eigenvalue weighted by Crippen LogP contribution is 2.38. The molecule has 1 aromatic rings. The van der Waals surface area contributed by atoms with E-state index in [-0.39, 0.29) is 29.2 Å². The standard InChI is InChI=1S/C17H28N4O2/c1-11-9-14(20(6)19-11)21-8-7-12(15(21)22)18-13-10-16(2,3)23-17(13,4)5/h9,12-13,18H,7-8,10H2,1-6H3/t12-,13+/m0/s1. The van der Waals surface area contributed by atoms with E-state index in [1.54, 1.807) is 4.68 Å². The molecule has 0 unspecified atom stereocenters. The summed E-state index contributed by atoms with van der Waals surface area (Å²) in [5, 5.41) is 7.90. The number of aryl methyl sites for hydroxylation is 2. The van der Waals surface area contributed by atoms with E-state index in [1.165, 1.54) is 0 Å². The minimum absolute atomic E-state index is 0.133. The van der Waals surface area contributed by atoms with Gasteiger partial charge in [-0.15, -0.1) is 0 Å². The van der Waals surface area contributed by atoms with Gasteiger partial charge in [0.15, 0.2) is 0 Å². The number of carbonyl (C=O) groups is 1. The molecule has 0 aromatic carbocycles. The summed E-state index contributed by atoms with van der Waals surface area (Å²) in [5.41, 5.74) is 0.515. The Hall–Kier alpha value is -1.40. The number of nitrogens with zero attached hydrogens (tertiary/aromatic N) is 3. The quantitative estimate of drug-likeness (QED) is 0.922. The minimum Gasteiger partial charge on any atom is -0.368 e. The fraction of sp³-hybridized carbons (Fsp3) is 0.765. The van der Waals surface area contributed by atoms with Gasteiger partial charge in [-0.25, -0.2) is 0 Å². The van der Waals surface area contributed by atoms with Crippen molar-refractivity contribution in [2.75, 3.05) is 11.4 Å². The van der Waals surface area contributed by atoms with E-state index in [9.17, 15) is 4.79 Å². The fourth-order valence-electron chi connectivity index (χ4n) is 3.98. The number of amides is 1. The average molecular weight is 320 g/mol. The van der Waals surface area contributed by atoms with Crippen LogP contribution in [0.4, 0.5) is 5.82 Å². The number of ether oxygens (including phenoxy) is 1. The predicted molar refractivity (Wildman–Crippen MR) is 89.5 cm³/mol. The van der Waals surface area contributed by atoms with Gasteiger partial charge in [0.1, 0.15) is 5.82 Å². The summed E-state index contributed by atoms with van der Waals surface area (Å²) in [6, 6.07) is 2.00. The first-order chi connectivity index (χ1) is 10.6. The highest BCUT2D eigenvalue weighted by Gasteiger charge is 2.48. The lowest BCUT2D eigenvalue weighted by molar-refractivity contribution is -0.119. The second kappa shape index (κ2) is 5.31. The number of hydrogen-bond acceptors (Lipinski definition) is 4. The zero-order valence-electron chi connectivity index (χ0n) is 15.0. The van der Waals surface area contributed by atoms with Gasteiger partial charge >= 0.3 is 0 Å². The summed E-state index contributed by atoms with van der Waals surface area (Å²) in [6.45, 7) is 11.1. The fourth-order valence-corrected chi connectivity index (χ4v) is 3.98. The van der Waals surface area contributed by atoms with E-state index in [0.717, 1.165) is 30.9 Å². The summed E-state index contributed by atoms with van der Waals surface area (Å²) < 4.78 is 7.91. The average Bonchev–Trinajstić information content (AvgIpc) is 2.96. The molecule has 2 aliphatic rings. The minimum atomic E-state index is -0.264. The van der Waals surface area contributed by atoms with Crippen molar-refractivity contribution in [3.05, 3.63) is 11.8 Å². The Morgan fingerprint density at radius 1 is 1.35 bits per heavy atom. The van der Waals surface area contributed by atoms with E-state index in [1.807, 2.05) is 24.9 Å². The van der Waals surface area contributed by atoms with Crippen molar-refractivity contribution in [2.45, 2.75) is 70.7 Å². The molecule has 0 saturated carbocycles. The van der Waals surface area contributed by atoms with Gasteiger partial charge in [-0.2, -0.15) is 5.10 Å².